The third-order valence-electron chi connectivity index (χ3n) is 2.94. The molecule has 1 aromatic rings. The molecule has 0 amide bonds. The second-order valence-electron chi connectivity index (χ2n) is 4.83. The lowest BCUT2D eigenvalue weighted by molar-refractivity contribution is 0.122. The SMILES string of the molecule is Clc1cc(Cl)cc(CNCCCOCC2CC2)c1. The maximum atomic E-state index is 5.93. The van der Waals surface area contributed by atoms with Crippen molar-refractivity contribution in [3.05, 3.63) is 33.8 Å². The highest BCUT2D eigenvalue weighted by atomic mass is 35.5. The van der Waals surface area contributed by atoms with Crippen LogP contribution in [0.1, 0.15) is 24.8 Å². The zero-order valence-electron chi connectivity index (χ0n) is 10.4. The lowest BCUT2D eigenvalue weighted by Gasteiger charge is -2.06. The van der Waals surface area contributed by atoms with Gasteiger partial charge in [0.05, 0.1) is 0 Å². The lowest BCUT2D eigenvalue weighted by atomic mass is 10.2. The summed E-state index contributed by atoms with van der Waals surface area (Å²) in [4.78, 5) is 0. The maximum Gasteiger partial charge on any atom is 0.0494 e. The predicted octanol–water partition coefficient (Wildman–Crippen LogP) is 3.90. The van der Waals surface area contributed by atoms with Crippen LogP contribution in [0.5, 0.6) is 0 Å². The minimum Gasteiger partial charge on any atom is -0.381 e. The van der Waals surface area contributed by atoms with Gasteiger partial charge >= 0.3 is 0 Å². The van der Waals surface area contributed by atoms with Gasteiger partial charge in [-0.1, -0.05) is 23.2 Å². The molecule has 0 spiro atoms. The Kier molecular flexibility index (Phi) is 5.77. The normalized spacial score (nSPS) is 15.0. The largest absolute Gasteiger partial charge is 0.381 e. The van der Waals surface area contributed by atoms with Crippen molar-refractivity contribution in [2.24, 2.45) is 5.92 Å². The van der Waals surface area contributed by atoms with E-state index in [0.717, 1.165) is 44.2 Å². The van der Waals surface area contributed by atoms with Crippen LogP contribution >= 0.6 is 23.2 Å². The highest BCUT2D eigenvalue weighted by Crippen LogP contribution is 2.28. The van der Waals surface area contributed by atoms with Gasteiger partial charge in [-0.15, -0.1) is 0 Å². The summed E-state index contributed by atoms with van der Waals surface area (Å²) in [6.45, 7) is 3.54. The Bertz CT molecular complexity index is 360. The number of ether oxygens (including phenoxy) is 1. The average Bonchev–Trinajstić information content (AvgIpc) is 3.10. The van der Waals surface area contributed by atoms with Gasteiger partial charge in [-0.05, 0) is 55.5 Å². The molecule has 2 nitrogen and oxygen atoms in total. The molecule has 0 saturated heterocycles. The number of halogens is 2. The van der Waals surface area contributed by atoms with Crippen molar-refractivity contribution in [3.63, 3.8) is 0 Å². The molecule has 4 heteroatoms. The third kappa shape index (κ3) is 5.57. The van der Waals surface area contributed by atoms with E-state index in [9.17, 15) is 0 Å². The van der Waals surface area contributed by atoms with Crippen LogP contribution in [0.4, 0.5) is 0 Å². The van der Waals surface area contributed by atoms with Crippen molar-refractivity contribution in [2.75, 3.05) is 19.8 Å². The fourth-order valence-electron chi connectivity index (χ4n) is 1.78. The zero-order chi connectivity index (χ0) is 12.8. The number of benzene rings is 1. The molecule has 1 saturated carbocycles. The van der Waals surface area contributed by atoms with E-state index in [2.05, 4.69) is 5.32 Å². The van der Waals surface area contributed by atoms with E-state index < -0.39 is 0 Å². The third-order valence-corrected chi connectivity index (χ3v) is 3.38. The van der Waals surface area contributed by atoms with Gasteiger partial charge in [0.25, 0.3) is 0 Å². The summed E-state index contributed by atoms with van der Waals surface area (Å²) in [5.41, 5.74) is 1.12. The highest BCUT2D eigenvalue weighted by molar-refractivity contribution is 6.34. The minimum absolute atomic E-state index is 0.687. The van der Waals surface area contributed by atoms with Crippen molar-refractivity contribution in [1.82, 2.24) is 5.32 Å². The first-order chi connectivity index (χ1) is 8.74. The molecule has 0 aromatic heterocycles. The smallest absolute Gasteiger partial charge is 0.0494 e. The summed E-state index contributed by atoms with van der Waals surface area (Å²) in [6, 6.07) is 5.62. The first-order valence-electron chi connectivity index (χ1n) is 6.47. The Labute approximate surface area is 119 Å². The highest BCUT2D eigenvalue weighted by Gasteiger charge is 2.20. The summed E-state index contributed by atoms with van der Waals surface area (Å²) < 4.78 is 5.57. The van der Waals surface area contributed by atoms with Gasteiger partial charge in [-0.2, -0.15) is 0 Å². The minimum atomic E-state index is 0.687. The van der Waals surface area contributed by atoms with E-state index in [4.69, 9.17) is 27.9 Å². The molecule has 1 N–H and O–H groups in total. The first kappa shape index (κ1) is 14.1. The summed E-state index contributed by atoms with van der Waals surface area (Å²) in [6.07, 6.45) is 3.75. The Hall–Kier alpha value is -0.280. The monoisotopic (exact) mass is 287 g/mol. The molecule has 0 atom stereocenters. The molecule has 0 aliphatic heterocycles. The number of rotatable bonds is 8. The van der Waals surface area contributed by atoms with Crippen LogP contribution in [-0.4, -0.2) is 19.8 Å². The van der Waals surface area contributed by atoms with Gasteiger partial charge in [-0.25, -0.2) is 0 Å². The maximum absolute atomic E-state index is 5.93. The molecule has 0 unspecified atom stereocenters. The number of hydrogen-bond donors (Lipinski definition) is 1. The number of nitrogens with one attached hydrogen (secondary N) is 1. The summed E-state index contributed by atoms with van der Waals surface area (Å²) in [7, 11) is 0. The molecule has 100 valence electrons. The molecule has 2 rings (SSSR count). The average molecular weight is 288 g/mol. The van der Waals surface area contributed by atoms with E-state index in [-0.39, 0.29) is 0 Å². The Morgan fingerprint density at radius 2 is 1.89 bits per heavy atom. The van der Waals surface area contributed by atoms with Crippen molar-refractivity contribution in [3.8, 4) is 0 Å². The molecule has 1 fully saturated rings. The van der Waals surface area contributed by atoms with Crippen LogP contribution in [0, 0.1) is 5.92 Å². The molecule has 0 bridgehead atoms. The Balaban J connectivity index is 1.53. The van der Waals surface area contributed by atoms with Gasteiger partial charge in [0.15, 0.2) is 0 Å². The molecule has 0 radical (unpaired) electrons. The van der Waals surface area contributed by atoms with Gasteiger partial charge < -0.3 is 10.1 Å². The fraction of sp³-hybridized carbons (Fsp3) is 0.571. The van der Waals surface area contributed by atoms with E-state index >= 15 is 0 Å². The number of hydrogen-bond acceptors (Lipinski definition) is 2. The lowest BCUT2D eigenvalue weighted by Crippen LogP contribution is -2.16. The van der Waals surface area contributed by atoms with Crippen LogP contribution in [0.15, 0.2) is 18.2 Å². The second-order valence-corrected chi connectivity index (χ2v) is 5.70. The molecule has 1 aromatic carbocycles. The van der Waals surface area contributed by atoms with Crippen LogP contribution < -0.4 is 5.32 Å². The quantitative estimate of drug-likeness (QED) is 0.732. The van der Waals surface area contributed by atoms with Crippen molar-refractivity contribution >= 4 is 23.2 Å². The van der Waals surface area contributed by atoms with Gasteiger partial charge in [0.1, 0.15) is 0 Å². The van der Waals surface area contributed by atoms with Crippen LogP contribution in [0.25, 0.3) is 0 Å². The van der Waals surface area contributed by atoms with E-state index in [1.54, 1.807) is 6.07 Å². The molecule has 1 aliphatic rings. The summed E-state index contributed by atoms with van der Waals surface area (Å²) in [5.74, 6) is 0.853. The molecular formula is C14H19Cl2NO. The fourth-order valence-corrected chi connectivity index (χ4v) is 2.35. The van der Waals surface area contributed by atoms with Gasteiger partial charge in [0, 0.05) is 29.8 Å². The van der Waals surface area contributed by atoms with Crippen molar-refractivity contribution in [2.45, 2.75) is 25.8 Å². The molecule has 1 aliphatic carbocycles. The Morgan fingerprint density at radius 1 is 1.17 bits per heavy atom. The predicted molar refractivity (Wildman–Crippen MR) is 76.3 cm³/mol. The van der Waals surface area contributed by atoms with Crippen LogP contribution in [-0.2, 0) is 11.3 Å². The zero-order valence-corrected chi connectivity index (χ0v) is 11.9. The van der Waals surface area contributed by atoms with Crippen LogP contribution in [0.3, 0.4) is 0 Å². The van der Waals surface area contributed by atoms with Crippen molar-refractivity contribution in [1.29, 1.82) is 0 Å². The summed E-state index contributed by atoms with van der Waals surface area (Å²) >= 11 is 11.9. The van der Waals surface area contributed by atoms with E-state index in [1.807, 2.05) is 12.1 Å². The first-order valence-corrected chi connectivity index (χ1v) is 7.23. The van der Waals surface area contributed by atoms with Crippen LogP contribution in [0.2, 0.25) is 10.0 Å². The summed E-state index contributed by atoms with van der Waals surface area (Å²) in [5, 5.41) is 4.74. The second kappa shape index (κ2) is 7.34. The molecule has 0 heterocycles. The van der Waals surface area contributed by atoms with Gasteiger partial charge in [0.2, 0.25) is 0 Å². The standard InChI is InChI=1S/C14H19Cl2NO/c15-13-6-12(7-14(16)8-13)9-17-4-1-5-18-10-11-2-3-11/h6-8,11,17H,1-5,9-10H2. The molecular weight excluding hydrogens is 269 g/mol. The Morgan fingerprint density at radius 3 is 2.56 bits per heavy atom. The van der Waals surface area contributed by atoms with E-state index in [0.29, 0.717) is 10.0 Å². The molecule has 18 heavy (non-hydrogen) atoms. The van der Waals surface area contributed by atoms with Gasteiger partial charge in [-0.3, -0.25) is 0 Å². The van der Waals surface area contributed by atoms with Crippen molar-refractivity contribution < 1.29 is 4.74 Å². The topological polar surface area (TPSA) is 21.3 Å². The van der Waals surface area contributed by atoms with E-state index in [1.165, 1.54) is 12.8 Å².